The normalized spacial score (nSPS) is 11.2. The minimum Gasteiger partial charge on any atom is -0.482 e. The number of fused-ring (bicyclic) bond motifs is 1. The Labute approximate surface area is 205 Å². The van der Waals surface area contributed by atoms with E-state index in [4.69, 9.17) is 27.9 Å². The van der Waals surface area contributed by atoms with Gasteiger partial charge in [-0.25, -0.2) is 9.37 Å². The SMILES string of the molecule is O=C(COc1ccc(Cl)cc1Cl)N(/N=C/c1ccc(F)cc1)c1nc2ccc(Br)cc2s1. The predicted octanol–water partition coefficient (Wildman–Crippen LogP) is 6.95. The number of halogens is 4. The number of carbonyl (C=O) groups is 1. The first-order chi connectivity index (χ1) is 15.4. The van der Waals surface area contributed by atoms with E-state index in [0.29, 0.717) is 21.5 Å². The largest absolute Gasteiger partial charge is 0.482 e. The highest BCUT2D eigenvalue weighted by Crippen LogP contribution is 2.32. The van der Waals surface area contributed by atoms with Crippen LogP contribution in [0, 0.1) is 5.82 Å². The topological polar surface area (TPSA) is 54.8 Å². The molecule has 0 atom stereocenters. The molecule has 0 aliphatic rings. The summed E-state index contributed by atoms with van der Waals surface area (Å²) >= 11 is 16.8. The Balaban J connectivity index is 1.62. The van der Waals surface area contributed by atoms with Gasteiger partial charge in [0, 0.05) is 9.50 Å². The number of anilines is 1. The van der Waals surface area contributed by atoms with Crippen molar-refractivity contribution in [1.29, 1.82) is 0 Å². The number of carbonyl (C=O) groups excluding carboxylic acids is 1. The highest BCUT2D eigenvalue weighted by Gasteiger charge is 2.20. The lowest BCUT2D eigenvalue weighted by Gasteiger charge is -2.15. The van der Waals surface area contributed by atoms with E-state index < -0.39 is 5.91 Å². The molecule has 0 bridgehead atoms. The average Bonchev–Trinajstić information content (AvgIpc) is 3.17. The zero-order valence-electron chi connectivity index (χ0n) is 16.1. The van der Waals surface area contributed by atoms with E-state index >= 15 is 0 Å². The van der Waals surface area contributed by atoms with Crippen LogP contribution in [0.1, 0.15) is 5.56 Å². The van der Waals surface area contributed by atoms with Gasteiger partial charge in [0.05, 0.1) is 21.5 Å². The van der Waals surface area contributed by atoms with Gasteiger partial charge < -0.3 is 4.74 Å². The quantitative estimate of drug-likeness (QED) is 0.192. The highest BCUT2D eigenvalue weighted by molar-refractivity contribution is 9.10. The number of ether oxygens (including phenoxy) is 1. The van der Waals surface area contributed by atoms with Crippen LogP contribution < -0.4 is 9.75 Å². The average molecular weight is 553 g/mol. The van der Waals surface area contributed by atoms with Gasteiger partial charge in [-0.3, -0.25) is 4.79 Å². The Hall–Kier alpha value is -2.52. The van der Waals surface area contributed by atoms with Crippen molar-refractivity contribution in [2.75, 3.05) is 11.6 Å². The molecule has 4 aromatic rings. The van der Waals surface area contributed by atoms with Crippen LogP contribution in [0.5, 0.6) is 5.75 Å². The Morgan fingerprint density at radius 3 is 2.69 bits per heavy atom. The number of benzene rings is 3. The second-order valence-electron chi connectivity index (χ2n) is 6.47. The van der Waals surface area contributed by atoms with Crippen molar-refractivity contribution in [3.63, 3.8) is 0 Å². The monoisotopic (exact) mass is 551 g/mol. The molecule has 0 N–H and O–H groups in total. The van der Waals surface area contributed by atoms with Crippen LogP contribution in [0.3, 0.4) is 0 Å². The molecule has 162 valence electrons. The summed E-state index contributed by atoms with van der Waals surface area (Å²) in [5.74, 6) is -0.507. The van der Waals surface area contributed by atoms with Gasteiger partial charge in [-0.2, -0.15) is 10.1 Å². The molecule has 0 saturated heterocycles. The fourth-order valence-electron chi connectivity index (χ4n) is 2.66. The van der Waals surface area contributed by atoms with Crippen LogP contribution in [0.15, 0.2) is 70.2 Å². The summed E-state index contributed by atoms with van der Waals surface area (Å²) in [7, 11) is 0. The molecule has 10 heteroatoms. The fourth-order valence-corrected chi connectivity index (χ4v) is 4.62. The van der Waals surface area contributed by atoms with Crippen LogP contribution in [-0.2, 0) is 4.79 Å². The maximum Gasteiger partial charge on any atom is 0.287 e. The van der Waals surface area contributed by atoms with Crippen molar-refractivity contribution in [3.05, 3.63) is 86.6 Å². The van der Waals surface area contributed by atoms with Crippen molar-refractivity contribution in [2.45, 2.75) is 0 Å². The minimum atomic E-state index is -0.465. The summed E-state index contributed by atoms with van der Waals surface area (Å²) in [5, 5.41) is 6.57. The van der Waals surface area contributed by atoms with Gasteiger partial charge in [0.1, 0.15) is 11.6 Å². The fraction of sp³-hybridized carbons (Fsp3) is 0.0455. The van der Waals surface area contributed by atoms with E-state index in [2.05, 4.69) is 26.0 Å². The lowest BCUT2D eigenvalue weighted by molar-refractivity contribution is -0.120. The summed E-state index contributed by atoms with van der Waals surface area (Å²) in [6, 6.07) is 16.1. The lowest BCUT2D eigenvalue weighted by Crippen LogP contribution is -2.30. The predicted molar refractivity (Wildman–Crippen MR) is 131 cm³/mol. The van der Waals surface area contributed by atoms with Gasteiger partial charge >= 0.3 is 0 Å². The Bertz CT molecular complexity index is 1310. The van der Waals surface area contributed by atoms with E-state index in [9.17, 15) is 9.18 Å². The summed E-state index contributed by atoms with van der Waals surface area (Å²) < 4.78 is 20.6. The molecule has 4 rings (SSSR count). The number of rotatable bonds is 6. The standard InChI is InChI=1S/C22H13BrCl2FN3O2S/c23-14-3-7-18-20(9-14)32-22(28-18)29(27-11-13-1-5-16(26)6-2-13)21(30)12-31-19-8-4-15(24)10-17(19)25/h1-11H,12H2/b27-11+. The molecule has 3 aromatic carbocycles. The van der Waals surface area contributed by atoms with Gasteiger partial charge in [0.15, 0.2) is 6.61 Å². The number of thiazole rings is 1. The van der Waals surface area contributed by atoms with Gasteiger partial charge in [0.2, 0.25) is 5.13 Å². The zero-order valence-corrected chi connectivity index (χ0v) is 20.1. The molecule has 1 heterocycles. The molecule has 0 fully saturated rings. The molecule has 0 saturated carbocycles. The van der Waals surface area contributed by atoms with Crippen LogP contribution in [0.25, 0.3) is 10.2 Å². The van der Waals surface area contributed by atoms with Crippen LogP contribution in [0.4, 0.5) is 9.52 Å². The molecule has 0 radical (unpaired) electrons. The highest BCUT2D eigenvalue weighted by atomic mass is 79.9. The number of amides is 1. The molecule has 0 aliphatic heterocycles. The van der Waals surface area contributed by atoms with E-state index in [1.54, 1.807) is 24.3 Å². The maximum absolute atomic E-state index is 13.2. The first-order valence-corrected chi connectivity index (χ1v) is 11.5. The van der Waals surface area contributed by atoms with E-state index in [1.165, 1.54) is 35.8 Å². The van der Waals surface area contributed by atoms with Crippen molar-refractivity contribution in [1.82, 2.24) is 4.98 Å². The first-order valence-electron chi connectivity index (χ1n) is 9.15. The summed E-state index contributed by atoms with van der Waals surface area (Å²) in [4.78, 5) is 17.5. The van der Waals surface area contributed by atoms with Crippen LogP contribution in [-0.4, -0.2) is 23.7 Å². The van der Waals surface area contributed by atoms with Gasteiger partial charge in [-0.05, 0) is 54.1 Å². The Kier molecular flexibility index (Phi) is 7.05. The number of hydrazone groups is 1. The molecule has 0 aliphatic carbocycles. The third-order valence-electron chi connectivity index (χ3n) is 4.19. The second kappa shape index (κ2) is 9.95. The molecular formula is C22H13BrCl2FN3O2S. The summed E-state index contributed by atoms with van der Waals surface area (Å²) in [6.45, 7) is -0.332. The van der Waals surface area contributed by atoms with Crippen LogP contribution in [0.2, 0.25) is 10.0 Å². The van der Waals surface area contributed by atoms with E-state index in [0.717, 1.165) is 19.7 Å². The lowest BCUT2D eigenvalue weighted by atomic mass is 10.2. The maximum atomic E-state index is 13.2. The number of hydrogen-bond donors (Lipinski definition) is 0. The molecular weight excluding hydrogens is 540 g/mol. The smallest absolute Gasteiger partial charge is 0.287 e. The van der Waals surface area contributed by atoms with Crippen molar-refractivity contribution in [3.8, 4) is 5.75 Å². The minimum absolute atomic E-state index is 0.288. The first kappa shape index (κ1) is 22.7. The molecule has 1 amide bonds. The third kappa shape index (κ3) is 5.45. The second-order valence-corrected chi connectivity index (χ2v) is 9.24. The molecule has 0 spiro atoms. The Morgan fingerprint density at radius 2 is 1.94 bits per heavy atom. The third-order valence-corrected chi connectivity index (χ3v) is 6.21. The zero-order chi connectivity index (χ0) is 22.7. The van der Waals surface area contributed by atoms with Crippen LogP contribution >= 0.6 is 50.5 Å². The van der Waals surface area contributed by atoms with Gasteiger partial charge in [0.25, 0.3) is 5.91 Å². The summed E-state index contributed by atoms with van der Waals surface area (Å²) in [6.07, 6.45) is 1.45. The number of hydrogen-bond acceptors (Lipinski definition) is 5. The van der Waals surface area contributed by atoms with Crippen molar-refractivity contribution < 1.29 is 13.9 Å². The van der Waals surface area contributed by atoms with Crippen molar-refractivity contribution >= 4 is 77.9 Å². The van der Waals surface area contributed by atoms with Gasteiger partial charge in [-0.1, -0.05) is 62.6 Å². The molecule has 5 nitrogen and oxygen atoms in total. The van der Waals surface area contributed by atoms with Crippen molar-refractivity contribution in [2.24, 2.45) is 5.10 Å². The molecule has 0 unspecified atom stereocenters. The molecule has 32 heavy (non-hydrogen) atoms. The van der Waals surface area contributed by atoms with E-state index in [1.807, 2.05) is 18.2 Å². The number of aromatic nitrogens is 1. The van der Waals surface area contributed by atoms with Gasteiger partial charge in [-0.15, -0.1) is 0 Å². The molecule has 1 aromatic heterocycles. The van der Waals surface area contributed by atoms with E-state index in [-0.39, 0.29) is 17.4 Å². The summed E-state index contributed by atoms with van der Waals surface area (Å²) in [5.41, 5.74) is 1.35. The number of nitrogens with zero attached hydrogens (tertiary/aromatic N) is 3. The Morgan fingerprint density at radius 1 is 1.16 bits per heavy atom.